The smallest absolute Gasteiger partial charge is 0.353 e. The largest absolute Gasteiger partial charge is 0.464 e. The van der Waals surface area contributed by atoms with E-state index in [9.17, 15) is 9.59 Å². The molecule has 0 atom stereocenters. The minimum Gasteiger partial charge on any atom is -0.464 e. The first-order chi connectivity index (χ1) is 5.07. The first-order valence-electron chi connectivity index (χ1n) is 2.97. The highest BCUT2D eigenvalue weighted by Crippen LogP contribution is 1.79. The second-order valence-electron chi connectivity index (χ2n) is 1.86. The number of amides is 1. The Labute approximate surface area is 64.4 Å². The Bertz CT molecular complexity index is 198. The van der Waals surface area contributed by atoms with Gasteiger partial charge in [-0.15, -0.1) is 0 Å². The molecule has 0 aliphatic carbocycles. The molecular formula is C6H10N2O3. The molecule has 5 nitrogen and oxygen atoms in total. The van der Waals surface area contributed by atoms with Gasteiger partial charge in [0.1, 0.15) is 5.71 Å². The Hall–Kier alpha value is -1.39. The van der Waals surface area contributed by atoms with E-state index in [4.69, 9.17) is 0 Å². The fraction of sp³-hybridized carbons (Fsp3) is 0.500. The third-order valence-electron chi connectivity index (χ3n) is 0.862. The molecule has 1 amide bonds. The number of hydrogen-bond acceptors (Lipinski definition) is 4. The number of rotatable bonds is 2. The van der Waals surface area contributed by atoms with E-state index in [1.54, 1.807) is 0 Å². The number of nitrogens with zero attached hydrogens (tertiary/aromatic N) is 1. The van der Waals surface area contributed by atoms with Gasteiger partial charge in [-0.3, -0.25) is 4.79 Å². The zero-order chi connectivity index (χ0) is 8.85. The molecule has 0 aromatic heterocycles. The zero-order valence-electron chi connectivity index (χ0n) is 6.67. The Morgan fingerprint density at radius 1 is 1.36 bits per heavy atom. The van der Waals surface area contributed by atoms with Crippen LogP contribution in [-0.4, -0.2) is 24.7 Å². The summed E-state index contributed by atoms with van der Waals surface area (Å²) >= 11 is 0. The molecule has 0 aromatic rings. The highest BCUT2D eigenvalue weighted by Gasteiger charge is 2.03. The first kappa shape index (κ1) is 9.61. The van der Waals surface area contributed by atoms with Crippen LogP contribution in [0.25, 0.3) is 0 Å². The molecule has 0 saturated heterocycles. The summed E-state index contributed by atoms with van der Waals surface area (Å²) in [7, 11) is 1.25. The molecule has 0 bridgehead atoms. The van der Waals surface area contributed by atoms with E-state index >= 15 is 0 Å². The zero-order valence-corrected chi connectivity index (χ0v) is 6.67. The lowest BCUT2D eigenvalue weighted by Crippen LogP contribution is -2.19. The second kappa shape index (κ2) is 4.43. The van der Waals surface area contributed by atoms with Crippen LogP contribution in [-0.2, 0) is 14.3 Å². The standard InChI is InChI=1S/C6H10N2O3/c1-4(6(10)11-3)7-8-5(2)9/h1-3H3,(H,8,9)/b7-4+. The van der Waals surface area contributed by atoms with Crippen LogP contribution in [0.15, 0.2) is 5.10 Å². The average molecular weight is 158 g/mol. The summed E-state index contributed by atoms with van der Waals surface area (Å²) < 4.78 is 4.32. The first-order valence-corrected chi connectivity index (χ1v) is 2.97. The number of ether oxygens (including phenoxy) is 1. The number of carbonyl (C=O) groups excluding carboxylic acids is 2. The van der Waals surface area contributed by atoms with Crippen molar-refractivity contribution in [2.75, 3.05) is 7.11 Å². The van der Waals surface area contributed by atoms with Crippen molar-refractivity contribution in [3.8, 4) is 0 Å². The van der Waals surface area contributed by atoms with Crippen LogP contribution >= 0.6 is 0 Å². The van der Waals surface area contributed by atoms with Gasteiger partial charge in [0.25, 0.3) is 0 Å². The maximum absolute atomic E-state index is 10.6. The van der Waals surface area contributed by atoms with Gasteiger partial charge in [-0.25, -0.2) is 10.2 Å². The molecule has 0 saturated carbocycles. The van der Waals surface area contributed by atoms with Crippen molar-refractivity contribution in [2.45, 2.75) is 13.8 Å². The van der Waals surface area contributed by atoms with E-state index in [1.807, 2.05) is 0 Å². The van der Waals surface area contributed by atoms with E-state index in [0.29, 0.717) is 0 Å². The summed E-state index contributed by atoms with van der Waals surface area (Å²) in [6.45, 7) is 2.75. The lowest BCUT2D eigenvalue weighted by molar-refractivity contribution is -0.132. The number of carbonyl (C=O) groups is 2. The van der Waals surface area contributed by atoms with Crippen LogP contribution in [0.2, 0.25) is 0 Å². The van der Waals surface area contributed by atoms with E-state index in [0.717, 1.165) is 0 Å². The van der Waals surface area contributed by atoms with Crippen LogP contribution < -0.4 is 5.43 Å². The third-order valence-corrected chi connectivity index (χ3v) is 0.862. The summed E-state index contributed by atoms with van der Waals surface area (Å²) in [6, 6.07) is 0. The second-order valence-corrected chi connectivity index (χ2v) is 1.86. The van der Waals surface area contributed by atoms with Gasteiger partial charge in [-0.2, -0.15) is 5.10 Å². The van der Waals surface area contributed by atoms with Crippen LogP contribution in [0.5, 0.6) is 0 Å². The molecule has 0 aliphatic heterocycles. The van der Waals surface area contributed by atoms with Crippen molar-refractivity contribution in [3.05, 3.63) is 0 Å². The number of hydrazone groups is 1. The molecule has 0 heterocycles. The van der Waals surface area contributed by atoms with Gasteiger partial charge in [0.2, 0.25) is 5.91 Å². The topological polar surface area (TPSA) is 67.8 Å². The van der Waals surface area contributed by atoms with Crippen molar-refractivity contribution in [2.24, 2.45) is 5.10 Å². The predicted molar refractivity (Wildman–Crippen MR) is 38.9 cm³/mol. The number of esters is 1. The molecule has 0 radical (unpaired) electrons. The van der Waals surface area contributed by atoms with Crippen molar-refractivity contribution < 1.29 is 14.3 Å². The lowest BCUT2D eigenvalue weighted by atomic mass is 10.4. The summed E-state index contributed by atoms with van der Waals surface area (Å²) in [6.07, 6.45) is 0. The molecule has 1 N–H and O–H groups in total. The molecule has 0 aliphatic rings. The Morgan fingerprint density at radius 3 is 2.27 bits per heavy atom. The molecule has 0 fully saturated rings. The van der Waals surface area contributed by atoms with Crippen molar-refractivity contribution in [1.82, 2.24) is 5.43 Å². The molecule has 0 spiro atoms. The van der Waals surface area contributed by atoms with Gasteiger partial charge in [0, 0.05) is 6.92 Å². The summed E-state index contributed by atoms with van der Waals surface area (Å²) in [4.78, 5) is 20.9. The maximum atomic E-state index is 10.6. The fourth-order valence-corrected chi connectivity index (χ4v) is 0.356. The van der Waals surface area contributed by atoms with Crippen LogP contribution in [0.4, 0.5) is 0 Å². The van der Waals surface area contributed by atoms with E-state index in [-0.39, 0.29) is 11.6 Å². The van der Waals surface area contributed by atoms with Gasteiger partial charge in [-0.1, -0.05) is 0 Å². The Morgan fingerprint density at radius 2 is 1.91 bits per heavy atom. The molecule has 0 unspecified atom stereocenters. The van der Waals surface area contributed by atoms with Crippen LogP contribution in [0.1, 0.15) is 13.8 Å². The molecular weight excluding hydrogens is 148 g/mol. The summed E-state index contributed by atoms with van der Waals surface area (Å²) in [5.41, 5.74) is 2.22. The quantitative estimate of drug-likeness (QED) is 0.340. The van der Waals surface area contributed by atoms with E-state index in [1.165, 1.54) is 21.0 Å². The molecule has 0 aromatic carbocycles. The Balaban J connectivity index is 4.00. The summed E-state index contributed by atoms with van der Waals surface area (Å²) in [5.74, 6) is -0.882. The number of methoxy groups -OCH3 is 1. The predicted octanol–water partition coefficient (Wildman–Crippen LogP) is -0.329. The SMILES string of the molecule is COC(=O)/C(C)=N/NC(C)=O. The minimum atomic E-state index is -0.557. The van der Waals surface area contributed by atoms with Gasteiger partial charge in [0.05, 0.1) is 7.11 Å². The molecule has 62 valence electrons. The highest BCUT2D eigenvalue weighted by molar-refractivity contribution is 6.35. The van der Waals surface area contributed by atoms with Gasteiger partial charge in [0.15, 0.2) is 0 Å². The van der Waals surface area contributed by atoms with Gasteiger partial charge < -0.3 is 4.74 Å². The lowest BCUT2D eigenvalue weighted by Gasteiger charge is -1.96. The number of nitrogens with one attached hydrogen (secondary N) is 1. The number of hydrogen-bond donors (Lipinski definition) is 1. The monoisotopic (exact) mass is 158 g/mol. The van der Waals surface area contributed by atoms with Crippen molar-refractivity contribution in [1.29, 1.82) is 0 Å². The summed E-state index contributed by atoms with van der Waals surface area (Å²) in [5, 5.41) is 3.44. The van der Waals surface area contributed by atoms with Crippen LogP contribution in [0, 0.1) is 0 Å². The van der Waals surface area contributed by atoms with E-state index in [2.05, 4.69) is 15.3 Å². The van der Waals surface area contributed by atoms with E-state index < -0.39 is 5.97 Å². The third kappa shape index (κ3) is 4.07. The van der Waals surface area contributed by atoms with Crippen molar-refractivity contribution in [3.63, 3.8) is 0 Å². The normalized spacial score (nSPS) is 10.6. The van der Waals surface area contributed by atoms with Gasteiger partial charge >= 0.3 is 5.97 Å². The highest BCUT2D eigenvalue weighted by atomic mass is 16.5. The molecule has 0 rings (SSSR count). The molecule has 5 heteroatoms. The fourth-order valence-electron chi connectivity index (χ4n) is 0.356. The Kier molecular flexibility index (Phi) is 3.87. The van der Waals surface area contributed by atoms with Crippen molar-refractivity contribution >= 4 is 17.6 Å². The van der Waals surface area contributed by atoms with Crippen LogP contribution in [0.3, 0.4) is 0 Å². The molecule has 11 heavy (non-hydrogen) atoms. The maximum Gasteiger partial charge on any atom is 0.353 e. The van der Waals surface area contributed by atoms with Gasteiger partial charge in [-0.05, 0) is 6.92 Å². The average Bonchev–Trinajstić information content (AvgIpc) is 1.98. The minimum absolute atomic E-state index is 0.114.